The second kappa shape index (κ2) is 11.3. The zero-order valence-corrected chi connectivity index (χ0v) is 19.7. The number of carboxylic acid groups (broad SMARTS) is 1. The molecule has 190 valence electrons. The molecule has 3 aromatic rings. The third-order valence-corrected chi connectivity index (χ3v) is 6.05. The fourth-order valence-electron chi connectivity index (χ4n) is 3.34. The van der Waals surface area contributed by atoms with Crippen molar-refractivity contribution in [3.8, 4) is 5.75 Å². The van der Waals surface area contributed by atoms with Gasteiger partial charge < -0.3 is 9.84 Å². The molecule has 0 saturated carbocycles. The molecule has 0 unspecified atom stereocenters. The lowest BCUT2D eigenvalue weighted by Crippen LogP contribution is -2.12. The summed E-state index contributed by atoms with van der Waals surface area (Å²) in [6.07, 6.45) is -8.26. The Kier molecular flexibility index (Phi) is 8.63. The predicted octanol–water partition coefficient (Wildman–Crippen LogP) is 8.07. The number of thioether (sulfide) groups is 1. The SMILES string of the molecule is O=C(O)COc1ccc(SCC=C(c2ccccc2C(F)(F)F)c2ccccc2C(F)(F)F)cc1Cl. The van der Waals surface area contributed by atoms with Crippen LogP contribution in [-0.2, 0) is 17.1 Å². The molecule has 0 aliphatic heterocycles. The van der Waals surface area contributed by atoms with Crippen molar-refractivity contribution in [2.45, 2.75) is 17.2 Å². The lowest BCUT2D eigenvalue weighted by atomic mass is 9.90. The fourth-order valence-corrected chi connectivity index (χ4v) is 4.45. The molecule has 3 nitrogen and oxygen atoms in total. The number of rotatable bonds is 8. The maximum atomic E-state index is 13.7. The smallest absolute Gasteiger partial charge is 0.417 e. The van der Waals surface area contributed by atoms with Crippen LogP contribution in [0.1, 0.15) is 22.3 Å². The van der Waals surface area contributed by atoms with Crippen LogP contribution >= 0.6 is 23.4 Å². The van der Waals surface area contributed by atoms with E-state index < -0.39 is 36.1 Å². The molecule has 11 heteroatoms. The minimum atomic E-state index is -4.78. The van der Waals surface area contributed by atoms with Gasteiger partial charge in [-0.2, -0.15) is 26.3 Å². The maximum absolute atomic E-state index is 13.7. The van der Waals surface area contributed by atoms with Gasteiger partial charge in [0.1, 0.15) is 5.75 Å². The van der Waals surface area contributed by atoms with Crippen LogP contribution in [0.3, 0.4) is 0 Å². The van der Waals surface area contributed by atoms with Crippen LogP contribution in [0.5, 0.6) is 5.75 Å². The minimum absolute atomic E-state index is 0.0133. The molecule has 0 radical (unpaired) electrons. The Labute approximate surface area is 211 Å². The molecule has 0 aromatic heterocycles. The molecule has 0 saturated heterocycles. The van der Waals surface area contributed by atoms with E-state index in [2.05, 4.69) is 0 Å². The molecule has 0 aliphatic rings. The Morgan fingerprint density at radius 1 is 0.889 bits per heavy atom. The summed E-state index contributed by atoms with van der Waals surface area (Å²) < 4.78 is 87.4. The van der Waals surface area contributed by atoms with Crippen molar-refractivity contribution in [2.24, 2.45) is 0 Å². The van der Waals surface area contributed by atoms with Crippen LogP contribution in [-0.4, -0.2) is 23.4 Å². The molecular weight excluding hydrogens is 530 g/mol. The summed E-state index contributed by atoms with van der Waals surface area (Å²) >= 11 is 7.21. The highest BCUT2D eigenvalue weighted by atomic mass is 35.5. The zero-order valence-electron chi connectivity index (χ0n) is 18.2. The number of halogens is 7. The third kappa shape index (κ3) is 6.98. The quantitative estimate of drug-likeness (QED) is 0.229. The van der Waals surface area contributed by atoms with Gasteiger partial charge in [0.15, 0.2) is 6.61 Å². The summed E-state index contributed by atoms with van der Waals surface area (Å²) in [7, 11) is 0. The lowest BCUT2D eigenvalue weighted by Gasteiger charge is -2.19. The molecular formula is C25H17ClF6O3S. The van der Waals surface area contributed by atoms with Gasteiger partial charge in [0.25, 0.3) is 0 Å². The first kappa shape index (κ1) is 27.5. The molecule has 3 aromatic carbocycles. The zero-order chi connectivity index (χ0) is 26.5. The van der Waals surface area contributed by atoms with E-state index in [4.69, 9.17) is 21.4 Å². The molecule has 36 heavy (non-hydrogen) atoms. The summed E-state index contributed by atoms with van der Waals surface area (Å²) in [6.45, 7) is -0.602. The molecule has 3 rings (SSSR count). The minimum Gasteiger partial charge on any atom is -0.480 e. The molecule has 0 atom stereocenters. The number of hydrogen-bond acceptors (Lipinski definition) is 3. The molecule has 0 heterocycles. The average Bonchev–Trinajstić information content (AvgIpc) is 2.80. The van der Waals surface area contributed by atoms with Gasteiger partial charge in [-0.3, -0.25) is 0 Å². The van der Waals surface area contributed by atoms with Gasteiger partial charge in [-0.15, -0.1) is 11.8 Å². The summed E-state index contributed by atoms with van der Waals surface area (Å²) in [6, 6.07) is 13.4. The first-order valence-corrected chi connectivity index (χ1v) is 11.5. The van der Waals surface area contributed by atoms with Crippen molar-refractivity contribution in [3.05, 3.63) is 100 Å². The van der Waals surface area contributed by atoms with E-state index in [0.29, 0.717) is 4.90 Å². The summed E-state index contributed by atoms with van der Waals surface area (Å²) in [5.41, 5.74) is -3.08. The number of alkyl halides is 6. The van der Waals surface area contributed by atoms with E-state index in [-0.39, 0.29) is 33.2 Å². The molecule has 0 spiro atoms. The first-order valence-electron chi connectivity index (χ1n) is 10.2. The van der Waals surface area contributed by atoms with Crippen LogP contribution < -0.4 is 4.74 Å². The number of ether oxygens (including phenoxy) is 1. The Morgan fingerprint density at radius 3 is 1.89 bits per heavy atom. The van der Waals surface area contributed by atoms with Crippen molar-refractivity contribution in [2.75, 3.05) is 12.4 Å². The van der Waals surface area contributed by atoms with Crippen LogP contribution in [0.15, 0.2) is 77.7 Å². The van der Waals surface area contributed by atoms with Crippen molar-refractivity contribution >= 4 is 34.9 Å². The highest BCUT2D eigenvalue weighted by molar-refractivity contribution is 7.99. The number of carboxylic acids is 1. The summed E-state index contributed by atoms with van der Waals surface area (Å²) in [4.78, 5) is 11.2. The monoisotopic (exact) mass is 546 g/mol. The summed E-state index contributed by atoms with van der Waals surface area (Å²) in [5.74, 6) is -1.06. The van der Waals surface area contributed by atoms with Gasteiger partial charge >= 0.3 is 18.3 Å². The normalized spacial score (nSPS) is 11.8. The number of hydrogen-bond donors (Lipinski definition) is 1. The second-order valence-electron chi connectivity index (χ2n) is 7.29. The molecule has 0 aliphatic carbocycles. The Bertz CT molecular complexity index is 1210. The van der Waals surface area contributed by atoms with Gasteiger partial charge in [-0.05, 0) is 47.0 Å². The van der Waals surface area contributed by atoms with E-state index in [1.165, 1.54) is 42.5 Å². The van der Waals surface area contributed by atoms with E-state index in [9.17, 15) is 31.1 Å². The molecule has 1 N–H and O–H groups in total. The van der Waals surface area contributed by atoms with Crippen molar-refractivity contribution in [1.82, 2.24) is 0 Å². The summed E-state index contributed by atoms with van der Waals surface area (Å²) in [5, 5.41) is 8.80. The van der Waals surface area contributed by atoms with Gasteiger partial charge in [0.2, 0.25) is 0 Å². The van der Waals surface area contributed by atoms with Crippen molar-refractivity contribution in [3.63, 3.8) is 0 Å². The standard InChI is InChI=1S/C25H17ClF6O3S/c26-21-13-15(9-10-22(21)35-14-23(33)34)36-12-11-16(17-5-1-3-7-19(17)24(27,28)29)18-6-2-4-8-20(18)25(30,31)32/h1-11,13H,12,14H2,(H,33,34). The predicted molar refractivity (Wildman–Crippen MR) is 125 cm³/mol. The van der Waals surface area contributed by atoms with E-state index in [1.807, 2.05) is 0 Å². The van der Waals surface area contributed by atoms with Crippen molar-refractivity contribution in [1.29, 1.82) is 0 Å². The van der Waals surface area contributed by atoms with E-state index >= 15 is 0 Å². The van der Waals surface area contributed by atoms with Crippen molar-refractivity contribution < 1.29 is 41.0 Å². The van der Waals surface area contributed by atoms with E-state index in [1.54, 1.807) is 6.07 Å². The lowest BCUT2D eigenvalue weighted by molar-refractivity contribution is -0.139. The average molecular weight is 547 g/mol. The highest BCUT2D eigenvalue weighted by Crippen LogP contribution is 2.41. The van der Waals surface area contributed by atoms with Crippen LogP contribution in [0.4, 0.5) is 26.3 Å². The van der Waals surface area contributed by atoms with Gasteiger partial charge in [-0.1, -0.05) is 54.1 Å². The molecule has 0 fully saturated rings. The van der Waals surface area contributed by atoms with Crippen LogP contribution in [0.2, 0.25) is 5.02 Å². The second-order valence-corrected chi connectivity index (χ2v) is 8.79. The van der Waals surface area contributed by atoms with E-state index in [0.717, 1.165) is 36.0 Å². The topological polar surface area (TPSA) is 46.5 Å². The highest BCUT2D eigenvalue weighted by Gasteiger charge is 2.37. The largest absolute Gasteiger partial charge is 0.480 e. The third-order valence-electron chi connectivity index (χ3n) is 4.84. The Hall–Kier alpha value is -3.11. The maximum Gasteiger partial charge on any atom is 0.417 e. The fraction of sp³-hybridized carbons (Fsp3) is 0.160. The van der Waals surface area contributed by atoms with Gasteiger partial charge in [-0.25, -0.2) is 4.79 Å². The molecule has 0 amide bonds. The first-order chi connectivity index (χ1) is 16.9. The Morgan fingerprint density at radius 2 is 1.42 bits per heavy atom. The number of aliphatic carboxylic acids is 1. The number of carbonyl (C=O) groups is 1. The van der Waals surface area contributed by atoms with Gasteiger partial charge in [0.05, 0.1) is 16.1 Å². The number of benzene rings is 3. The van der Waals surface area contributed by atoms with Gasteiger partial charge in [0, 0.05) is 10.6 Å². The van der Waals surface area contributed by atoms with Crippen LogP contribution in [0, 0.1) is 0 Å². The Balaban J connectivity index is 2.01. The van der Waals surface area contributed by atoms with Crippen LogP contribution in [0.25, 0.3) is 5.57 Å². The molecule has 0 bridgehead atoms.